The van der Waals surface area contributed by atoms with E-state index in [4.69, 9.17) is 28.6 Å². The molecule has 0 atom stereocenters. The van der Waals surface area contributed by atoms with Gasteiger partial charge in [0.05, 0.1) is 23.4 Å². The van der Waals surface area contributed by atoms with E-state index in [0.717, 1.165) is 13.6 Å². The van der Waals surface area contributed by atoms with Gasteiger partial charge in [0, 0.05) is 8.04 Å². The Labute approximate surface area is 172 Å². The lowest BCUT2D eigenvalue weighted by molar-refractivity contribution is 0.0974. The summed E-state index contributed by atoms with van der Waals surface area (Å²) < 4.78 is 7.11. The summed E-state index contributed by atoms with van der Waals surface area (Å²) in [6.07, 6.45) is 0. The molecule has 24 heavy (non-hydrogen) atoms. The molecule has 0 saturated carbocycles. The van der Waals surface area contributed by atoms with E-state index in [0.29, 0.717) is 22.0 Å². The molecule has 0 radical (unpaired) electrons. The average molecular weight is 540 g/mol. The van der Waals surface area contributed by atoms with Crippen molar-refractivity contribution in [1.82, 2.24) is 5.32 Å². The molecule has 0 heterocycles. The lowest BCUT2D eigenvalue weighted by Crippen LogP contribution is -2.34. The molecule has 0 fully saturated rings. The fraction of sp³-hybridized carbons (Fsp3) is 0.125. The van der Waals surface area contributed by atoms with E-state index in [9.17, 15) is 4.79 Å². The molecule has 2 rings (SSSR count). The van der Waals surface area contributed by atoms with Crippen molar-refractivity contribution < 1.29 is 9.53 Å². The molecule has 2 aromatic rings. The van der Waals surface area contributed by atoms with Crippen LogP contribution in [0.2, 0.25) is 5.02 Å². The van der Waals surface area contributed by atoms with Crippen LogP contribution in [-0.2, 0) is 0 Å². The van der Waals surface area contributed by atoms with Crippen LogP contribution < -0.4 is 15.4 Å². The lowest BCUT2D eigenvalue weighted by atomic mass is 10.1. The normalized spacial score (nSPS) is 10.2. The maximum absolute atomic E-state index is 12.5. The summed E-state index contributed by atoms with van der Waals surface area (Å²) >= 11 is 16.9. The van der Waals surface area contributed by atoms with Gasteiger partial charge in [-0.15, -0.1) is 0 Å². The predicted octanol–water partition coefficient (Wildman–Crippen LogP) is 5.15. The molecule has 0 bridgehead atoms. The topological polar surface area (TPSA) is 50.4 Å². The van der Waals surface area contributed by atoms with Gasteiger partial charge in [0.2, 0.25) is 0 Å². The highest BCUT2D eigenvalue weighted by Gasteiger charge is 2.17. The zero-order valence-electron chi connectivity index (χ0n) is 12.7. The van der Waals surface area contributed by atoms with Crippen LogP contribution in [0.15, 0.2) is 34.8 Å². The molecule has 126 valence electrons. The summed E-state index contributed by atoms with van der Waals surface area (Å²) in [6.45, 7) is 1.86. The number of rotatable bonds is 3. The third kappa shape index (κ3) is 4.81. The van der Waals surface area contributed by atoms with Crippen LogP contribution in [0, 0.1) is 10.5 Å². The van der Waals surface area contributed by atoms with Crippen molar-refractivity contribution >= 4 is 79.0 Å². The Morgan fingerprint density at radius 2 is 2.04 bits per heavy atom. The standard InChI is InChI=1S/C16H13BrClIN2O2S/c1-8-5-9(17)6-11(14(8)23-2)15(22)21-16(24)20-13-4-3-10(19)7-12(13)18/h3-7H,1-2H3,(H2,20,21,22,24). The first-order chi connectivity index (χ1) is 11.3. The third-order valence-corrected chi connectivity index (χ3v) is 4.74. The summed E-state index contributed by atoms with van der Waals surface area (Å²) in [6, 6.07) is 9.04. The van der Waals surface area contributed by atoms with Gasteiger partial charge in [-0.2, -0.15) is 0 Å². The minimum absolute atomic E-state index is 0.155. The van der Waals surface area contributed by atoms with Crippen LogP contribution in [0.5, 0.6) is 5.75 Å². The lowest BCUT2D eigenvalue weighted by Gasteiger charge is -2.14. The molecule has 0 aliphatic carbocycles. The minimum atomic E-state index is -0.365. The third-order valence-electron chi connectivity index (χ3n) is 3.09. The van der Waals surface area contributed by atoms with E-state index in [-0.39, 0.29) is 11.0 Å². The van der Waals surface area contributed by atoms with Crippen molar-refractivity contribution in [2.45, 2.75) is 6.92 Å². The first-order valence-electron chi connectivity index (χ1n) is 6.73. The van der Waals surface area contributed by atoms with Crippen LogP contribution in [0.25, 0.3) is 0 Å². The Morgan fingerprint density at radius 1 is 1.33 bits per heavy atom. The number of methoxy groups -OCH3 is 1. The summed E-state index contributed by atoms with van der Waals surface area (Å²) in [7, 11) is 1.52. The quantitative estimate of drug-likeness (QED) is 0.419. The van der Waals surface area contributed by atoms with E-state index in [2.05, 4.69) is 49.2 Å². The molecule has 0 aliphatic heterocycles. The van der Waals surface area contributed by atoms with Crippen LogP contribution in [0.3, 0.4) is 0 Å². The predicted molar refractivity (Wildman–Crippen MR) is 113 cm³/mol. The highest BCUT2D eigenvalue weighted by molar-refractivity contribution is 14.1. The molecule has 1 amide bonds. The highest BCUT2D eigenvalue weighted by atomic mass is 127. The zero-order valence-corrected chi connectivity index (χ0v) is 18.1. The van der Waals surface area contributed by atoms with Crippen molar-refractivity contribution in [3.63, 3.8) is 0 Å². The first kappa shape index (κ1) is 19.4. The Morgan fingerprint density at radius 3 is 2.67 bits per heavy atom. The second-order valence-electron chi connectivity index (χ2n) is 4.84. The molecule has 4 nitrogen and oxygen atoms in total. The van der Waals surface area contributed by atoms with Gasteiger partial charge in [-0.25, -0.2) is 0 Å². The summed E-state index contributed by atoms with van der Waals surface area (Å²) in [5, 5.41) is 6.23. The second-order valence-corrected chi connectivity index (χ2v) is 7.81. The van der Waals surface area contributed by atoms with Crippen LogP contribution >= 0.6 is 62.3 Å². The highest BCUT2D eigenvalue weighted by Crippen LogP contribution is 2.28. The first-order valence-corrected chi connectivity index (χ1v) is 9.39. The molecular weight excluding hydrogens is 527 g/mol. The molecule has 0 unspecified atom stereocenters. The number of thiocarbonyl (C=S) groups is 1. The minimum Gasteiger partial charge on any atom is -0.496 e. The molecule has 0 aliphatic rings. The maximum atomic E-state index is 12.5. The number of halogens is 3. The summed E-state index contributed by atoms with van der Waals surface area (Å²) in [4.78, 5) is 12.5. The van der Waals surface area contributed by atoms with E-state index < -0.39 is 0 Å². The molecule has 2 aromatic carbocycles. The number of hydrogen-bond acceptors (Lipinski definition) is 3. The van der Waals surface area contributed by atoms with Crippen molar-refractivity contribution in [3.8, 4) is 5.75 Å². The number of aryl methyl sites for hydroxylation is 1. The van der Waals surface area contributed by atoms with Gasteiger partial charge in [-0.05, 0) is 77.6 Å². The number of amides is 1. The summed E-state index contributed by atoms with van der Waals surface area (Å²) in [5.41, 5.74) is 1.86. The number of carbonyl (C=O) groups is 1. The van der Waals surface area contributed by atoms with Crippen LogP contribution in [0.1, 0.15) is 15.9 Å². The molecule has 0 saturated heterocycles. The Hall–Kier alpha value is -0.900. The van der Waals surface area contributed by atoms with Gasteiger partial charge in [0.1, 0.15) is 5.75 Å². The van der Waals surface area contributed by atoms with Crippen molar-refractivity contribution in [1.29, 1.82) is 0 Å². The number of benzene rings is 2. The van der Waals surface area contributed by atoms with Crippen molar-refractivity contribution in [2.24, 2.45) is 0 Å². The molecule has 0 spiro atoms. The van der Waals surface area contributed by atoms with E-state index in [1.807, 2.05) is 19.1 Å². The molecule has 8 heteroatoms. The molecular formula is C16H13BrClIN2O2S. The number of hydrogen-bond donors (Lipinski definition) is 2. The number of ether oxygens (including phenoxy) is 1. The van der Waals surface area contributed by atoms with Gasteiger partial charge >= 0.3 is 0 Å². The van der Waals surface area contributed by atoms with Gasteiger partial charge in [-0.3, -0.25) is 10.1 Å². The Balaban J connectivity index is 2.16. The van der Waals surface area contributed by atoms with Crippen LogP contribution in [0.4, 0.5) is 5.69 Å². The fourth-order valence-corrected chi connectivity index (χ4v) is 3.76. The average Bonchev–Trinajstić information content (AvgIpc) is 2.49. The van der Waals surface area contributed by atoms with Gasteiger partial charge < -0.3 is 10.1 Å². The van der Waals surface area contributed by atoms with E-state index in [1.165, 1.54) is 7.11 Å². The van der Waals surface area contributed by atoms with Gasteiger partial charge in [0.15, 0.2) is 5.11 Å². The smallest absolute Gasteiger partial charge is 0.261 e. The second kappa shape index (κ2) is 8.46. The number of nitrogens with one attached hydrogen (secondary N) is 2. The number of carbonyl (C=O) groups excluding carboxylic acids is 1. The monoisotopic (exact) mass is 538 g/mol. The Kier molecular flexibility index (Phi) is 6.85. The summed E-state index contributed by atoms with van der Waals surface area (Å²) in [5.74, 6) is 0.140. The van der Waals surface area contributed by atoms with Gasteiger partial charge in [-0.1, -0.05) is 27.5 Å². The van der Waals surface area contributed by atoms with Crippen molar-refractivity contribution in [2.75, 3.05) is 12.4 Å². The van der Waals surface area contributed by atoms with E-state index in [1.54, 1.807) is 18.2 Å². The molecule has 2 N–H and O–H groups in total. The maximum Gasteiger partial charge on any atom is 0.261 e. The largest absolute Gasteiger partial charge is 0.496 e. The zero-order chi connectivity index (χ0) is 17.9. The van der Waals surface area contributed by atoms with Crippen molar-refractivity contribution in [3.05, 3.63) is 54.5 Å². The van der Waals surface area contributed by atoms with Crippen LogP contribution in [-0.4, -0.2) is 18.1 Å². The fourth-order valence-electron chi connectivity index (χ4n) is 2.08. The number of anilines is 1. The Bertz CT molecular complexity index is 817. The van der Waals surface area contributed by atoms with E-state index >= 15 is 0 Å². The SMILES string of the molecule is COc1c(C)cc(Br)cc1C(=O)NC(=S)Nc1ccc(I)cc1Cl. The molecule has 0 aromatic heterocycles. The van der Waals surface area contributed by atoms with Gasteiger partial charge in [0.25, 0.3) is 5.91 Å².